The summed E-state index contributed by atoms with van der Waals surface area (Å²) >= 11 is 1.42. The topological polar surface area (TPSA) is 54.5 Å². The van der Waals surface area contributed by atoms with Crippen molar-refractivity contribution in [3.63, 3.8) is 0 Å². The van der Waals surface area contributed by atoms with Crippen LogP contribution in [0, 0.1) is 12.8 Å². The molecule has 0 spiro atoms. The highest BCUT2D eigenvalue weighted by Crippen LogP contribution is 2.37. The second kappa shape index (κ2) is 5.34. The molecule has 3 aliphatic rings. The summed E-state index contributed by atoms with van der Waals surface area (Å²) in [6.07, 6.45) is 4.09. The number of fused-ring (bicyclic) bond motifs is 1. The SMILES string of the molecule is Cc1ncsc1C(=O)N[C@@H]1C[C@H]2CO[C@@H](C3CC3)CN2C1. The van der Waals surface area contributed by atoms with Crippen LogP contribution in [-0.4, -0.2) is 53.7 Å². The molecule has 0 radical (unpaired) electrons. The lowest BCUT2D eigenvalue weighted by Gasteiger charge is -2.35. The van der Waals surface area contributed by atoms with Crippen LogP contribution in [0.3, 0.4) is 0 Å². The van der Waals surface area contributed by atoms with Gasteiger partial charge in [0.25, 0.3) is 5.91 Å². The third-order valence-corrected chi connectivity index (χ3v) is 5.81. The Balaban J connectivity index is 1.36. The fourth-order valence-corrected chi connectivity index (χ4v) is 4.23. The Kier molecular flexibility index (Phi) is 3.47. The van der Waals surface area contributed by atoms with E-state index in [2.05, 4.69) is 15.2 Å². The molecule has 0 unspecified atom stereocenters. The van der Waals surface area contributed by atoms with Crippen molar-refractivity contribution in [1.82, 2.24) is 15.2 Å². The zero-order chi connectivity index (χ0) is 14.4. The Hall–Kier alpha value is -0.980. The van der Waals surface area contributed by atoms with Crippen molar-refractivity contribution < 1.29 is 9.53 Å². The van der Waals surface area contributed by atoms with Crippen LogP contribution < -0.4 is 5.32 Å². The molecule has 3 fully saturated rings. The molecular weight excluding hydrogens is 286 g/mol. The molecule has 2 saturated heterocycles. The minimum Gasteiger partial charge on any atom is -0.375 e. The first-order valence-corrected chi connectivity index (χ1v) is 8.65. The average molecular weight is 307 g/mol. The largest absolute Gasteiger partial charge is 0.375 e. The van der Waals surface area contributed by atoms with E-state index in [-0.39, 0.29) is 11.9 Å². The van der Waals surface area contributed by atoms with E-state index >= 15 is 0 Å². The monoisotopic (exact) mass is 307 g/mol. The van der Waals surface area contributed by atoms with Crippen molar-refractivity contribution in [2.24, 2.45) is 5.92 Å². The zero-order valence-corrected chi connectivity index (χ0v) is 13.1. The molecule has 2 aliphatic heterocycles. The van der Waals surface area contributed by atoms with E-state index in [9.17, 15) is 4.79 Å². The number of aromatic nitrogens is 1. The lowest BCUT2D eigenvalue weighted by molar-refractivity contribution is -0.0581. The number of ether oxygens (including phenoxy) is 1. The van der Waals surface area contributed by atoms with Crippen LogP contribution in [0.4, 0.5) is 0 Å². The number of carbonyl (C=O) groups is 1. The number of thiazole rings is 1. The maximum Gasteiger partial charge on any atom is 0.263 e. The molecule has 0 aromatic carbocycles. The molecule has 1 amide bonds. The predicted octanol–water partition coefficient (Wildman–Crippen LogP) is 1.43. The number of nitrogens with one attached hydrogen (secondary N) is 1. The van der Waals surface area contributed by atoms with Crippen LogP contribution in [0.1, 0.15) is 34.6 Å². The van der Waals surface area contributed by atoms with Crippen LogP contribution in [0.2, 0.25) is 0 Å². The number of hydrogen-bond acceptors (Lipinski definition) is 5. The molecule has 0 bridgehead atoms. The van der Waals surface area contributed by atoms with Gasteiger partial charge in [-0.1, -0.05) is 0 Å². The van der Waals surface area contributed by atoms with Gasteiger partial charge in [-0.15, -0.1) is 11.3 Å². The minimum absolute atomic E-state index is 0.0273. The molecule has 6 heteroatoms. The highest BCUT2D eigenvalue weighted by molar-refractivity contribution is 7.11. The maximum atomic E-state index is 12.3. The first-order chi connectivity index (χ1) is 10.2. The third kappa shape index (κ3) is 2.72. The van der Waals surface area contributed by atoms with Gasteiger partial charge in [0.2, 0.25) is 0 Å². The Morgan fingerprint density at radius 2 is 2.33 bits per heavy atom. The van der Waals surface area contributed by atoms with Crippen LogP contribution >= 0.6 is 11.3 Å². The molecule has 1 aliphatic carbocycles. The van der Waals surface area contributed by atoms with Gasteiger partial charge in [-0.2, -0.15) is 0 Å². The molecule has 5 nitrogen and oxygen atoms in total. The van der Waals surface area contributed by atoms with Gasteiger partial charge in [-0.25, -0.2) is 4.98 Å². The standard InChI is InChI=1S/C15H21N3O2S/c1-9-14(21-8-16-9)15(19)17-11-4-12-7-20-13(10-2-3-10)6-18(12)5-11/h8,10-13H,2-7H2,1H3,(H,17,19)/t11-,12+,13-/m1/s1. The first kappa shape index (κ1) is 13.7. The minimum atomic E-state index is 0.0273. The number of morpholine rings is 1. The number of nitrogens with zero attached hydrogens (tertiary/aromatic N) is 2. The average Bonchev–Trinajstić information content (AvgIpc) is 3.10. The van der Waals surface area contributed by atoms with E-state index in [0.717, 1.165) is 42.6 Å². The van der Waals surface area contributed by atoms with Gasteiger partial charge in [-0.3, -0.25) is 9.69 Å². The summed E-state index contributed by atoms with van der Waals surface area (Å²) in [6.45, 7) is 4.71. The molecule has 1 saturated carbocycles. The van der Waals surface area contributed by atoms with Crippen molar-refractivity contribution in [3.05, 3.63) is 16.1 Å². The highest BCUT2D eigenvalue weighted by Gasteiger charge is 2.42. The van der Waals surface area contributed by atoms with Gasteiger partial charge in [0.1, 0.15) is 4.88 Å². The molecule has 1 N–H and O–H groups in total. The van der Waals surface area contributed by atoms with E-state index in [1.807, 2.05) is 6.92 Å². The second-order valence-electron chi connectivity index (χ2n) is 6.49. The number of amides is 1. The van der Waals surface area contributed by atoms with Crippen LogP contribution in [0.5, 0.6) is 0 Å². The summed E-state index contributed by atoms with van der Waals surface area (Å²) in [5, 5.41) is 3.17. The van der Waals surface area contributed by atoms with Gasteiger partial charge >= 0.3 is 0 Å². The zero-order valence-electron chi connectivity index (χ0n) is 12.2. The number of carbonyl (C=O) groups excluding carboxylic acids is 1. The van der Waals surface area contributed by atoms with Crippen molar-refractivity contribution >= 4 is 17.2 Å². The predicted molar refractivity (Wildman–Crippen MR) is 80.5 cm³/mol. The van der Waals surface area contributed by atoms with Crippen LogP contribution in [0.25, 0.3) is 0 Å². The van der Waals surface area contributed by atoms with Crippen molar-refractivity contribution in [2.45, 2.75) is 44.4 Å². The van der Waals surface area contributed by atoms with Crippen molar-refractivity contribution in [1.29, 1.82) is 0 Å². The lowest BCUT2D eigenvalue weighted by Crippen LogP contribution is -2.47. The summed E-state index contributed by atoms with van der Waals surface area (Å²) in [5.41, 5.74) is 2.56. The molecule has 1 aromatic rings. The molecule has 3 heterocycles. The fourth-order valence-electron chi connectivity index (χ4n) is 3.53. The Labute approximate surface area is 128 Å². The van der Waals surface area contributed by atoms with Crippen LogP contribution in [-0.2, 0) is 4.74 Å². The molecule has 4 rings (SSSR count). The van der Waals surface area contributed by atoms with Gasteiger partial charge in [0.05, 0.1) is 23.9 Å². The van der Waals surface area contributed by atoms with Gasteiger partial charge in [0.15, 0.2) is 0 Å². The summed E-state index contributed by atoms with van der Waals surface area (Å²) in [6, 6.07) is 0.721. The fraction of sp³-hybridized carbons (Fsp3) is 0.733. The normalized spacial score (nSPS) is 32.9. The summed E-state index contributed by atoms with van der Waals surface area (Å²) in [5.74, 6) is 0.818. The van der Waals surface area contributed by atoms with E-state index in [0.29, 0.717) is 12.1 Å². The number of rotatable bonds is 3. The van der Waals surface area contributed by atoms with Gasteiger partial charge < -0.3 is 10.1 Å². The van der Waals surface area contributed by atoms with E-state index in [4.69, 9.17) is 4.74 Å². The molecular formula is C15H21N3O2S. The van der Waals surface area contributed by atoms with E-state index in [1.54, 1.807) is 5.51 Å². The van der Waals surface area contributed by atoms with E-state index in [1.165, 1.54) is 24.2 Å². The summed E-state index contributed by atoms with van der Waals surface area (Å²) in [7, 11) is 0. The summed E-state index contributed by atoms with van der Waals surface area (Å²) < 4.78 is 6.00. The Bertz CT molecular complexity index is 543. The van der Waals surface area contributed by atoms with E-state index < -0.39 is 0 Å². The Morgan fingerprint density at radius 1 is 1.48 bits per heavy atom. The highest BCUT2D eigenvalue weighted by atomic mass is 32.1. The summed E-state index contributed by atoms with van der Waals surface area (Å²) in [4.78, 5) is 19.7. The van der Waals surface area contributed by atoms with Crippen molar-refractivity contribution in [3.8, 4) is 0 Å². The molecule has 21 heavy (non-hydrogen) atoms. The van der Waals surface area contributed by atoms with Gasteiger partial charge in [-0.05, 0) is 32.1 Å². The Morgan fingerprint density at radius 3 is 3.05 bits per heavy atom. The maximum absolute atomic E-state index is 12.3. The van der Waals surface area contributed by atoms with Crippen LogP contribution in [0.15, 0.2) is 5.51 Å². The molecule has 1 aromatic heterocycles. The number of aryl methyl sites for hydroxylation is 1. The van der Waals surface area contributed by atoms with Crippen molar-refractivity contribution in [2.75, 3.05) is 19.7 Å². The quantitative estimate of drug-likeness (QED) is 0.918. The third-order valence-electron chi connectivity index (χ3n) is 4.88. The lowest BCUT2D eigenvalue weighted by atomic mass is 10.1. The molecule has 114 valence electrons. The second-order valence-corrected chi connectivity index (χ2v) is 7.34. The number of hydrogen-bond donors (Lipinski definition) is 1. The van der Waals surface area contributed by atoms with Gasteiger partial charge in [0, 0.05) is 25.2 Å². The first-order valence-electron chi connectivity index (χ1n) is 7.77. The molecule has 3 atom stereocenters. The smallest absolute Gasteiger partial charge is 0.263 e.